The van der Waals surface area contributed by atoms with Crippen LogP contribution in [0.5, 0.6) is 0 Å². The second-order valence-corrected chi connectivity index (χ2v) is 1.73. The monoisotopic (exact) mass is 128 g/mol. The minimum Gasteiger partial charge on any atom is -0.291 e. The van der Waals surface area contributed by atoms with E-state index in [9.17, 15) is 9.59 Å². The maximum absolute atomic E-state index is 10.5. The van der Waals surface area contributed by atoms with Crippen molar-refractivity contribution in [1.29, 1.82) is 5.53 Å². The fourth-order valence-electron chi connectivity index (χ4n) is 0.353. The number of hydrogen-bond donors (Lipinski definition) is 1. The molecule has 0 saturated heterocycles. The van der Waals surface area contributed by atoms with Gasteiger partial charge in [0.25, 0.3) is 0 Å². The molecule has 4 heteroatoms. The van der Waals surface area contributed by atoms with Crippen LogP contribution in [0, 0.1) is 5.53 Å². The molecule has 0 aliphatic carbocycles. The molecule has 0 aromatic heterocycles. The summed E-state index contributed by atoms with van der Waals surface area (Å²) in [5.41, 5.74) is 6.38. The lowest BCUT2D eigenvalue weighted by Gasteiger charge is -1.95. The summed E-state index contributed by atoms with van der Waals surface area (Å²) in [5, 5.41) is 2.89. The minimum atomic E-state index is -0.803. The average molecular weight is 128 g/mol. The third kappa shape index (κ3) is 2.12. The Bertz CT molecular complexity index is 153. The maximum Gasteiger partial charge on any atom is 0.224 e. The second-order valence-electron chi connectivity index (χ2n) is 1.73. The standard InChI is InChI=1S/C5H8N2O2/c1-3(7-6)5(9)4(2)8/h3,6H,1-2H3. The van der Waals surface area contributed by atoms with Gasteiger partial charge in [0.15, 0.2) is 5.78 Å². The fourth-order valence-corrected chi connectivity index (χ4v) is 0.353. The molecular weight excluding hydrogens is 120 g/mol. The van der Waals surface area contributed by atoms with Gasteiger partial charge in [-0.3, -0.25) is 9.59 Å². The molecule has 1 unspecified atom stereocenters. The lowest BCUT2D eigenvalue weighted by atomic mass is 10.2. The Morgan fingerprint density at radius 2 is 2.00 bits per heavy atom. The summed E-state index contributed by atoms with van der Waals surface area (Å²) in [6.45, 7) is 2.58. The average Bonchev–Trinajstić information content (AvgIpc) is 1.84. The smallest absolute Gasteiger partial charge is 0.224 e. The molecule has 0 aliphatic heterocycles. The SMILES string of the molecule is CC(=O)C(=O)C(C)N=N. The molecule has 0 radical (unpaired) electrons. The van der Waals surface area contributed by atoms with Gasteiger partial charge in [-0.25, -0.2) is 5.53 Å². The Balaban J connectivity index is 4.03. The number of nitrogens with zero attached hydrogens (tertiary/aromatic N) is 1. The van der Waals surface area contributed by atoms with Crippen LogP contribution in [0.3, 0.4) is 0 Å². The molecule has 9 heavy (non-hydrogen) atoms. The number of rotatable bonds is 3. The van der Waals surface area contributed by atoms with Crippen LogP contribution in [0.25, 0.3) is 0 Å². The highest BCUT2D eigenvalue weighted by atomic mass is 16.2. The van der Waals surface area contributed by atoms with E-state index in [1.807, 2.05) is 0 Å². The van der Waals surface area contributed by atoms with Crippen LogP contribution in [0.15, 0.2) is 5.11 Å². The summed E-state index contributed by atoms with van der Waals surface area (Å²) in [7, 11) is 0. The van der Waals surface area contributed by atoms with Crippen molar-refractivity contribution in [1.82, 2.24) is 0 Å². The van der Waals surface area contributed by atoms with E-state index in [0.717, 1.165) is 0 Å². The van der Waals surface area contributed by atoms with Crippen LogP contribution in [0.4, 0.5) is 0 Å². The fraction of sp³-hybridized carbons (Fsp3) is 0.600. The van der Waals surface area contributed by atoms with Crippen LogP contribution in [-0.2, 0) is 9.59 Å². The third-order valence-electron chi connectivity index (χ3n) is 0.920. The molecule has 0 aromatic carbocycles. The Morgan fingerprint density at radius 3 is 2.11 bits per heavy atom. The molecule has 0 heterocycles. The van der Waals surface area contributed by atoms with E-state index in [0.29, 0.717) is 0 Å². The van der Waals surface area contributed by atoms with Crippen LogP contribution in [0.1, 0.15) is 13.8 Å². The number of Topliss-reactive ketones (excluding diaryl/α,β-unsaturated/α-hetero) is 2. The highest BCUT2D eigenvalue weighted by Gasteiger charge is 2.15. The highest BCUT2D eigenvalue weighted by Crippen LogP contribution is 1.90. The van der Waals surface area contributed by atoms with Crippen molar-refractivity contribution >= 4 is 11.6 Å². The van der Waals surface area contributed by atoms with Crippen molar-refractivity contribution in [2.75, 3.05) is 0 Å². The maximum atomic E-state index is 10.5. The largest absolute Gasteiger partial charge is 0.291 e. The van der Waals surface area contributed by atoms with E-state index in [2.05, 4.69) is 5.11 Å². The van der Waals surface area contributed by atoms with Crippen molar-refractivity contribution in [3.8, 4) is 0 Å². The van der Waals surface area contributed by atoms with Gasteiger partial charge in [-0.1, -0.05) is 0 Å². The number of nitrogens with one attached hydrogen (secondary N) is 1. The molecular formula is C5H8N2O2. The Kier molecular flexibility index (Phi) is 2.70. The predicted octanol–water partition coefficient (Wildman–Crippen LogP) is 0.564. The predicted molar refractivity (Wildman–Crippen MR) is 30.3 cm³/mol. The number of carbonyl (C=O) groups is 2. The number of carbonyl (C=O) groups excluding carboxylic acids is 2. The summed E-state index contributed by atoms with van der Waals surface area (Å²) >= 11 is 0. The van der Waals surface area contributed by atoms with Gasteiger partial charge in [0, 0.05) is 6.92 Å². The van der Waals surface area contributed by atoms with Gasteiger partial charge >= 0.3 is 0 Å². The van der Waals surface area contributed by atoms with Gasteiger partial charge in [0.1, 0.15) is 6.04 Å². The van der Waals surface area contributed by atoms with Crippen molar-refractivity contribution in [3.63, 3.8) is 0 Å². The highest BCUT2D eigenvalue weighted by molar-refractivity contribution is 6.38. The first kappa shape index (κ1) is 7.94. The molecule has 0 amide bonds. The lowest BCUT2D eigenvalue weighted by Crippen LogP contribution is -2.21. The summed E-state index contributed by atoms with van der Waals surface area (Å²) in [4.78, 5) is 20.8. The Labute approximate surface area is 52.8 Å². The van der Waals surface area contributed by atoms with Gasteiger partial charge in [0.2, 0.25) is 5.78 Å². The van der Waals surface area contributed by atoms with Crippen molar-refractivity contribution in [3.05, 3.63) is 0 Å². The van der Waals surface area contributed by atoms with Gasteiger partial charge in [0.05, 0.1) is 0 Å². The van der Waals surface area contributed by atoms with Crippen LogP contribution in [0.2, 0.25) is 0 Å². The molecule has 0 rings (SSSR count). The summed E-state index contributed by atoms with van der Waals surface area (Å²) < 4.78 is 0. The van der Waals surface area contributed by atoms with Crippen molar-refractivity contribution in [2.24, 2.45) is 5.11 Å². The van der Waals surface area contributed by atoms with Gasteiger partial charge in [-0.2, -0.15) is 5.11 Å². The van der Waals surface area contributed by atoms with Gasteiger partial charge in [-0.05, 0) is 6.92 Å². The van der Waals surface area contributed by atoms with E-state index in [-0.39, 0.29) is 0 Å². The van der Waals surface area contributed by atoms with Crippen LogP contribution < -0.4 is 0 Å². The quantitative estimate of drug-likeness (QED) is 0.445. The molecule has 0 aromatic rings. The van der Waals surface area contributed by atoms with Gasteiger partial charge in [-0.15, -0.1) is 0 Å². The van der Waals surface area contributed by atoms with Crippen molar-refractivity contribution in [2.45, 2.75) is 19.9 Å². The van der Waals surface area contributed by atoms with E-state index < -0.39 is 17.6 Å². The first-order valence-corrected chi connectivity index (χ1v) is 2.51. The minimum absolute atomic E-state index is 0.543. The third-order valence-corrected chi connectivity index (χ3v) is 0.920. The summed E-state index contributed by atoms with van der Waals surface area (Å²) in [6, 6.07) is -0.803. The molecule has 4 nitrogen and oxygen atoms in total. The molecule has 0 bridgehead atoms. The summed E-state index contributed by atoms with van der Waals surface area (Å²) in [6.07, 6.45) is 0. The lowest BCUT2D eigenvalue weighted by molar-refractivity contribution is -0.135. The van der Waals surface area contributed by atoms with Crippen LogP contribution >= 0.6 is 0 Å². The molecule has 0 spiro atoms. The molecule has 1 atom stereocenters. The first-order chi connectivity index (χ1) is 4.09. The zero-order valence-corrected chi connectivity index (χ0v) is 5.34. The van der Waals surface area contributed by atoms with Crippen molar-refractivity contribution < 1.29 is 9.59 Å². The van der Waals surface area contributed by atoms with E-state index in [4.69, 9.17) is 5.53 Å². The van der Waals surface area contributed by atoms with E-state index in [1.165, 1.54) is 13.8 Å². The Morgan fingerprint density at radius 1 is 1.56 bits per heavy atom. The van der Waals surface area contributed by atoms with E-state index >= 15 is 0 Å². The number of hydrogen-bond acceptors (Lipinski definition) is 4. The molecule has 1 N–H and O–H groups in total. The van der Waals surface area contributed by atoms with Gasteiger partial charge < -0.3 is 0 Å². The second kappa shape index (κ2) is 3.06. The molecule has 0 fully saturated rings. The zero-order valence-electron chi connectivity index (χ0n) is 5.34. The normalized spacial score (nSPS) is 12.2. The molecule has 50 valence electrons. The molecule has 0 aliphatic rings. The topological polar surface area (TPSA) is 70.3 Å². The Hall–Kier alpha value is -1.06. The van der Waals surface area contributed by atoms with Crippen LogP contribution in [-0.4, -0.2) is 17.6 Å². The number of ketones is 2. The zero-order chi connectivity index (χ0) is 7.44. The molecule has 0 saturated carbocycles. The summed E-state index contributed by atoms with van der Waals surface area (Å²) in [5.74, 6) is -1.15. The van der Waals surface area contributed by atoms with E-state index in [1.54, 1.807) is 0 Å². The first-order valence-electron chi connectivity index (χ1n) is 2.51.